The Labute approximate surface area is 157 Å². The Morgan fingerprint density at radius 1 is 1.21 bits per heavy atom. The summed E-state index contributed by atoms with van der Waals surface area (Å²) in [5.41, 5.74) is 3.50. The number of hydrogen-bond donors (Lipinski definition) is 1. The SMILES string of the molecule is CC(=O)Nc1cc(Br)cc2c1N(C(=O)Cc1ccccc1Br)CC2. The molecule has 1 aliphatic rings. The van der Waals surface area contributed by atoms with E-state index in [9.17, 15) is 9.59 Å². The van der Waals surface area contributed by atoms with Gasteiger partial charge in [-0.2, -0.15) is 0 Å². The summed E-state index contributed by atoms with van der Waals surface area (Å²) in [5.74, 6) is -0.130. The smallest absolute Gasteiger partial charge is 0.231 e. The molecule has 0 fully saturated rings. The Bertz CT molecular complexity index is 821. The lowest BCUT2D eigenvalue weighted by atomic mass is 10.1. The molecule has 24 heavy (non-hydrogen) atoms. The van der Waals surface area contributed by atoms with Gasteiger partial charge in [0.25, 0.3) is 0 Å². The Morgan fingerprint density at radius 2 is 1.96 bits per heavy atom. The maximum Gasteiger partial charge on any atom is 0.231 e. The molecule has 124 valence electrons. The van der Waals surface area contributed by atoms with Crippen LogP contribution in [0.1, 0.15) is 18.1 Å². The fraction of sp³-hybridized carbons (Fsp3) is 0.222. The standard InChI is InChI=1S/C18H16Br2N2O2/c1-11(23)21-16-10-14(19)8-13-6-7-22(18(13)16)17(24)9-12-4-2-3-5-15(12)20/h2-5,8,10H,6-7,9H2,1H3,(H,21,23). The Balaban J connectivity index is 1.92. The van der Waals surface area contributed by atoms with Crippen LogP contribution in [-0.4, -0.2) is 18.4 Å². The summed E-state index contributed by atoms with van der Waals surface area (Å²) in [4.78, 5) is 26.1. The van der Waals surface area contributed by atoms with Crippen LogP contribution >= 0.6 is 31.9 Å². The third-order valence-corrected chi connectivity index (χ3v) is 5.17. The van der Waals surface area contributed by atoms with Crippen LogP contribution in [0.5, 0.6) is 0 Å². The average Bonchev–Trinajstić information content (AvgIpc) is 2.93. The van der Waals surface area contributed by atoms with Crippen molar-refractivity contribution in [1.82, 2.24) is 0 Å². The number of rotatable bonds is 3. The zero-order valence-corrected chi connectivity index (χ0v) is 16.3. The summed E-state index contributed by atoms with van der Waals surface area (Å²) in [5, 5.41) is 2.83. The number of nitrogens with one attached hydrogen (secondary N) is 1. The van der Waals surface area contributed by atoms with Crippen LogP contribution in [0.2, 0.25) is 0 Å². The molecule has 0 atom stereocenters. The zero-order valence-electron chi connectivity index (χ0n) is 13.1. The predicted molar refractivity (Wildman–Crippen MR) is 102 cm³/mol. The van der Waals surface area contributed by atoms with E-state index >= 15 is 0 Å². The molecule has 0 bridgehead atoms. The molecule has 2 aromatic carbocycles. The summed E-state index contributed by atoms with van der Waals surface area (Å²) >= 11 is 6.95. The molecule has 1 aliphatic heterocycles. The van der Waals surface area contributed by atoms with E-state index in [0.29, 0.717) is 18.7 Å². The summed E-state index contributed by atoms with van der Waals surface area (Å²) in [6, 6.07) is 11.6. The molecule has 2 amide bonds. The van der Waals surface area contributed by atoms with Gasteiger partial charge in [-0.3, -0.25) is 9.59 Å². The van der Waals surface area contributed by atoms with E-state index in [-0.39, 0.29) is 11.8 Å². The van der Waals surface area contributed by atoms with E-state index in [1.54, 1.807) is 4.90 Å². The lowest BCUT2D eigenvalue weighted by Crippen LogP contribution is -2.31. The number of carbonyl (C=O) groups excluding carboxylic acids is 2. The first kappa shape index (κ1) is 17.2. The molecule has 4 nitrogen and oxygen atoms in total. The highest BCUT2D eigenvalue weighted by Gasteiger charge is 2.28. The maximum atomic E-state index is 12.8. The number of benzene rings is 2. The van der Waals surface area contributed by atoms with Gasteiger partial charge in [0.15, 0.2) is 0 Å². The highest BCUT2D eigenvalue weighted by Crippen LogP contribution is 2.38. The quantitative estimate of drug-likeness (QED) is 0.756. The third-order valence-electron chi connectivity index (χ3n) is 3.94. The molecule has 0 saturated heterocycles. The van der Waals surface area contributed by atoms with E-state index < -0.39 is 0 Å². The first-order valence-corrected chi connectivity index (χ1v) is 9.18. The molecule has 0 unspecified atom stereocenters. The minimum Gasteiger partial charge on any atom is -0.324 e. The van der Waals surface area contributed by atoms with Crippen molar-refractivity contribution in [3.8, 4) is 0 Å². The molecule has 0 aliphatic carbocycles. The highest BCUT2D eigenvalue weighted by atomic mass is 79.9. The van der Waals surface area contributed by atoms with Gasteiger partial charge < -0.3 is 10.2 Å². The van der Waals surface area contributed by atoms with Crippen molar-refractivity contribution < 1.29 is 9.59 Å². The lowest BCUT2D eigenvalue weighted by Gasteiger charge is -2.21. The van der Waals surface area contributed by atoms with E-state index in [2.05, 4.69) is 37.2 Å². The second-order valence-corrected chi connectivity index (χ2v) is 7.48. The van der Waals surface area contributed by atoms with Crippen LogP contribution in [0.25, 0.3) is 0 Å². The van der Waals surface area contributed by atoms with Gasteiger partial charge in [-0.05, 0) is 35.7 Å². The van der Waals surface area contributed by atoms with Crippen molar-refractivity contribution in [2.75, 3.05) is 16.8 Å². The second kappa shape index (κ2) is 7.07. The first-order chi connectivity index (χ1) is 11.5. The number of anilines is 2. The Morgan fingerprint density at radius 3 is 2.67 bits per heavy atom. The second-order valence-electron chi connectivity index (χ2n) is 5.71. The van der Waals surface area contributed by atoms with Gasteiger partial charge in [-0.1, -0.05) is 50.1 Å². The molecule has 3 rings (SSSR count). The summed E-state index contributed by atoms with van der Waals surface area (Å²) < 4.78 is 1.82. The fourth-order valence-electron chi connectivity index (χ4n) is 2.94. The van der Waals surface area contributed by atoms with Gasteiger partial charge in [-0.15, -0.1) is 0 Å². The Hall–Kier alpha value is -1.66. The highest BCUT2D eigenvalue weighted by molar-refractivity contribution is 9.10. The number of nitrogens with zero attached hydrogens (tertiary/aromatic N) is 1. The molecule has 0 saturated carbocycles. The largest absolute Gasteiger partial charge is 0.324 e. The van der Waals surface area contributed by atoms with Crippen LogP contribution < -0.4 is 10.2 Å². The van der Waals surface area contributed by atoms with Crippen molar-refractivity contribution in [1.29, 1.82) is 0 Å². The molecule has 2 aromatic rings. The van der Waals surface area contributed by atoms with E-state index in [0.717, 1.165) is 32.2 Å². The molecule has 1 N–H and O–H groups in total. The van der Waals surface area contributed by atoms with Crippen molar-refractivity contribution in [3.63, 3.8) is 0 Å². The topological polar surface area (TPSA) is 49.4 Å². The molecule has 6 heteroatoms. The number of amides is 2. The molecule has 1 heterocycles. The molecule has 0 radical (unpaired) electrons. The van der Waals surface area contributed by atoms with Crippen LogP contribution in [0.15, 0.2) is 45.3 Å². The molecular weight excluding hydrogens is 436 g/mol. The third kappa shape index (κ3) is 3.54. The lowest BCUT2D eigenvalue weighted by molar-refractivity contribution is -0.118. The predicted octanol–water partition coefficient (Wildman–Crippen LogP) is 4.30. The van der Waals surface area contributed by atoms with Crippen molar-refractivity contribution in [2.45, 2.75) is 19.8 Å². The summed E-state index contributed by atoms with van der Waals surface area (Å²) in [6.07, 6.45) is 1.10. The fourth-order valence-corrected chi connectivity index (χ4v) is 3.87. The van der Waals surface area contributed by atoms with Crippen LogP contribution in [-0.2, 0) is 22.4 Å². The first-order valence-electron chi connectivity index (χ1n) is 7.59. The number of halogens is 2. The van der Waals surface area contributed by atoms with Gasteiger partial charge in [0.1, 0.15) is 0 Å². The minimum atomic E-state index is -0.152. The number of hydrogen-bond acceptors (Lipinski definition) is 2. The van der Waals surface area contributed by atoms with Crippen molar-refractivity contribution >= 4 is 55.0 Å². The van der Waals surface area contributed by atoms with E-state index in [4.69, 9.17) is 0 Å². The van der Waals surface area contributed by atoms with Gasteiger partial charge >= 0.3 is 0 Å². The van der Waals surface area contributed by atoms with Crippen LogP contribution in [0.4, 0.5) is 11.4 Å². The normalized spacial score (nSPS) is 12.9. The maximum absolute atomic E-state index is 12.8. The van der Waals surface area contributed by atoms with Gasteiger partial charge in [0.05, 0.1) is 17.8 Å². The summed E-state index contributed by atoms with van der Waals surface area (Å²) in [6.45, 7) is 2.09. The molecular formula is C18H16Br2N2O2. The van der Waals surface area contributed by atoms with E-state index in [1.807, 2.05) is 36.4 Å². The van der Waals surface area contributed by atoms with E-state index in [1.165, 1.54) is 6.92 Å². The minimum absolute atomic E-state index is 0.0228. The monoisotopic (exact) mass is 450 g/mol. The average molecular weight is 452 g/mol. The Kier molecular flexibility index (Phi) is 5.06. The van der Waals surface area contributed by atoms with Gasteiger partial charge in [-0.25, -0.2) is 0 Å². The van der Waals surface area contributed by atoms with Crippen molar-refractivity contribution in [2.24, 2.45) is 0 Å². The van der Waals surface area contributed by atoms with Crippen LogP contribution in [0.3, 0.4) is 0 Å². The number of fused-ring (bicyclic) bond motifs is 1. The number of carbonyl (C=O) groups is 2. The van der Waals surface area contributed by atoms with Crippen molar-refractivity contribution in [3.05, 3.63) is 56.5 Å². The molecule has 0 spiro atoms. The van der Waals surface area contributed by atoms with Crippen LogP contribution in [0, 0.1) is 0 Å². The van der Waals surface area contributed by atoms with Gasteiger partial charge in [0.2, 0.25) is 11.8 Å². The molecule has 0 aromatic heterocycles. The van der Waals surface area contributed by atoms with Gasteiger partial charge in [0, 0.05) is 22.4 Å². The summed E-state index contributed by atoms with van der Waals surface area (Å²) in [7, 11) is 0. The zero-order chi connectivity index (χ0) is 17.3.